The van der Waals surface area contributed by atoms with E-state index in [1.54, 1.807) is 18.9 Å². The summed E-state index contributed by atoms with van der Waals surface area (Å²) in [7, 11) is 1.63. The summed E-state index contributed by atoms with van der Waals surface area (Å²) >= 11 is 1.57. The Morgan fingerprint density at radius 1 is 1.12 bits per heavy atom. The van der Waals surface area contributed by atoms with Crippen LogP contribution in [0.25, 0.3) is 0 Å². The standard InChI is InChI=1S/C16H21N3O4S/c1-20-13-2-4-14(5-3-13)22-12-15-17-18-16(23-15)24-11-8-19-6-9-21-10-7-19/h2-5H,6-12H2,1H3. The molecule has 1 aromatic carbocycles. The van der Waals surface area contributed by atoms with Crippen LogP contribution in [0.4, 0.5) is 0 Å². The first-order valence-electron chi connectivity index (χ1n) is 7.85. The number of ether oxygens (including phenoxy) is 3. The lowest BCUT2D eigenvalue weighted by Crippen LogP contribution is -2.37. The van der Waals surface area contributed by atoms with Gasteiger partial charge >= 0.3 is 0 Å². The van der Waals surface area contributed by atoms with Gasteiger partial charge in [0, 0.05) is 25.4 Å². The number of rotatable bonds is 8. The van der Waals surface area contributed by atoms with E-state index in [2.05, 4.69) is 15.1 Å². The topological polar surface area (TPSA) is 69.9 Å². The van der Waals surface area contributed by atoms with Crippen LogP contribution >= 0.6 is 11.8 Å². The highest BCUT2D eigenvalue weighted by Crippen LogP contribution is 2.20. The molecule has 24 heavy (non-hydrogen) atoms. The average Bonchev–Trinajstić information content (AvgIpc) is 3.09. The number of thioether (sulfide) groups is 1. The van der Waals surface area contributed by atoms with Crippen molar-refractivity contribution in [1.29, 1.82) is 0 Å². The van der Waals surface area contributed by atoms with E-state index in [1.807, 2.05) is 24.3 Å². The van der Waals surface area contributed by atoms with Crippen molar-refractivity contribution < 1.29 is 18.6 Å². The summed E-state index contributed by atoms with van der Waals surface area (Å²) in [5.41, 5.74) is 0. The first-order valence-corrected chi connectivity index (χ1v) is 8.84. The Labute approximate surface area is 145 Å². The first-order chi connectivity index (χ1) is 11.8. The van der Waals surface area contributed by atoms with E-state index < -0.39 is 0 Å². The number of hydrogen-bond acceptors (Lipinski definition) is 8. The number of morpholine rings is 1. The zero-order valence-corrected chi connectivity index (χ0v) is 14.5. The van der Waals surface area contributed by atoms with Crippen molar-refractivity contribution in [2.45, 2.75) is 11.8 Å². The van der Waals surface area contributed by atoms with Crippen molar-refractivity contribution in [1.82, 2.24) is 15.1 Å². The summed E-state index contributed by atoms with van der Waals surface area (Å²) < 4.78 is 21.6. The van der Waals surface area contributed by atoms with E-state index in [0.717, 1.165) is 50.1 Å². The fraction of sp³-hybridized carbons (Fsp3) is 0.500. The molecule has 0 aliphatic carbocycles. The minimum Gasteiger partial charge on any atom is -0.497 e. The summed E-state index contributed by atoms with van der Waals surface area (Å²) in [6.07, 6.45) is 0. The fourth-order valence-electron chi connectivity index (χ4n) is 2.26. The molecule has 1 aromatic heterocycles. The molecular formula is C16H21N3O4S. The van der Waals surface area contributed by atoms with Crippen molar-refractivity contribution in [2.24, 2.45) is 0 Å². The number of methoxy groups -OCH3 is 1. The van der Waals surface area contributed by atoms with Crippen LogP contribution in [-0.2, 0) is 11.3 Å². The maximum absolute atomic E-state index is 5.62. The zero-order valence-electron chi connectivity index (χ0n) is 13.6. The molecule has 0 spiro atoms. The Balaban J connectivity index is 1.39. The van der Waals surface area contributed by atoms with E-state index in [9.17, 15) is 0 Å². The summed E-state index contributed by atoms with van der Waals surface area (Å²) in [5.74, 6) is 2.91. The highest BCUT2D eigenvalue weighted by Gasteiger charge is 2.12. The summed E-state index contributed by atoms with van der Waals surface area (Å²) in [6, 6.07) is 7.37. The Morgan fingerprint density at radius 3 is 2.62 bits per heavy atom. The van der Waals surface area contributed by atoms with E-state index in [1.165, 1.54) is 0 Å². The van der Waals surface area contributed by atoms with Crippen LogP contribution in [0.5, 0.6) is 11.5 Å². The molecule has 1 aliphatic heterocycles. The van der Waals surface area contributed by atoms with E-state index >= 15 is 0 Å². The quantitative estimate of drug-likeness (QED) is 0.670. The van der Waals surface area contributed by atoms with Crippen molar-refractivity contribution in [3.63, 3.8) is 0 Å². The molecule has 7 nitrogen and oxygen atoms in total. The molecule has 8 heteroatoms. The van der Waals surface area contributed by atoms with E-state index in [0.29, 0.717) is 11.1 Å². The Hall–Kier alpha value is -1.77. The number of benzene rings is 1. The number of aromatic nitrogens is 2. The maximum atomic E-state index is 5.62. The van der Waals surface area contributed by atoms with Crippen LogP contribution in [-0.4, -0.2) is 60.8 Å². The van der Waals surface area contributed by atoms with Crippen molar-refractivity contribution >= 4 is 11.8 Å². The SMILES string of the molecule is COc1ccc(OCc2nnc(SCCN3CCOCC3)o2)cc1. The third kappa shape index (κ3) is 5.12. The molecule has 0 unspecified atom stereocenters. The van der Waals surface area contributed by atoms with E-state index in [4.69, 9.17) is 18.6 Å². The highest BCUT2D eigenvalue weighted by atomic mass is 32.2. The largest absolute Gasteiger partial charge is 0.497 e. The van der Waals surface area contributed by atoms with Gasteiger partial charge in [-0.3, -0.25) is 4.90 Å². The summed E-state index contributed by atoms with van der Waals surface area (Å²) in [5, 5.41) is 8.63. The first kappa shape index (κ1) is 17.1. The minimum absolute atomic E-state index is 0.253. The molecular weight excluding hydrogens is 330 g/mol. The van der Waals surface area contributed by atoms with Gasteiger partial charge < -0.3 is 18.6 Å². The molecule has 130 valence electrons. The highest BCUT2D eigenvalue weighted by molar-refractivity contribution is 7.99. The molecule has 0 N–H and O–H groups in total. The number of nitrogens with zero attached hydrogens (tertiary/aromatic N) is 3. The van der Waals surface area contributed by atoms with Gasteiger partial charge in [0.05, 0.1) is 20.3 Å². The lowest BCUT2D eigenvalue weighted by molar-refractivity contribution is 0.0410. The molecule has 0 amide bonds. The van der Waals surface area contributed by atoms with Gasteiger partial charge in [0.1, 0.15) is 11.5 Å². The monoisotopic (exact) mass is 351 g/mol. The Morgan fingerprint density at radius 2 is 1.88 bits per heavy atom. The Kier molecular flexibility index (Phi) is 6.33. The molecule has 2 aromatic rings. The molecule has 1 saturated heterocycles. The van der Waals surface area contributed by atoms with E-state index in [-0.39, 0.29) is 6.61 Å². The van der Waals surface area contributed by atoms with Gasteiger partial charge in [-0.2, -0.15) is 0 Å². The van der Waals surface area contributed by atoms with Crippen molar-refractivity contribution in [3.05, 3.63) is 30.2 Å². The number of hydrogen-bond donors (Lipinski definition) is 0. The second-order valence-corrected chi connectivity index (χ2v) is 6.27. The second-order valence-electron chi connectivity index (χ2n) is 5.23. The van der Waals surface area contributed by atoms with Gasteiger partial charge in [0.2, 0.25) is 0 Å². The second kappa shape index (κ2) is 8.91. The lowest BCUT2D eigenvalue weighted by atomic mass is 10.3. The molecule has 2 heterocycles. The van der Waals surface area contributed by atoms with Gasteiger partial charge in [-0.15, -0.1) is 10.2 Å². The summed E-state index contributed by atoms with van der Waals surface area (Å²) in [6.45, 7) is 4.87. The molecule has 0 bridgehead atoms. The van der Waals surface area contributed by atoms with Crippen LogP contribution in [0.2, 0.25) is 0 Å². The maximum Gasteiger partial charge on any atom is 0.276 e. The van der Waals surface area contributed by atoms with Crippen LogP contribution in [0.1, 0.15) is 5.89 Å². The molecule has 0 atom stereocenters. The van der Waals surface area contributed by atoms with Gasteiger partial charge in [-0.1, -0.05) is 11.8 Å². The van der Waals surface area contributed by atoms with Gasteiger partial charge in [-0.05, 0) is 24.3 Å². The predicted molar refractivity (Wildman–Crippen MR) is 89.6 cm³/mol. The predicted octanol–water partition coefficient (Wildman–Crippen LogP) is 2.08. The van der Waals surface area contributed by atoms with Crippen LogP contribution < -0.4 is 9.47 Å². The van der Waals surface area contributed by atoms with Gasteiger partial charge in [-0.25, -0.2) is 0 Å². The molecule has 0 saturated carbocycles. The van der Waals surface area contributed by atoms with Crippen LogP contribution in [0.15, 0.2) is 33.9 Å². The normalized spacial score (nSPS) is 15.4. The third-order valence-corrected chi connectivity index (χ3v) is 4.41. The smallest absolute Gasteiger partial charge is 0.276 e. The Bertz CT molecular complexity index is 614. The van der Waals surface area contributed by atoms with Gasteiger partial charge in [0.25, 0.3) is 11.1 Å². The molecule has 3 rings (SSSR count). The zero-order chi connectivity index (χ0) is 16.6. The summed E-state index contributed by atoms with van der Waals surface area (Å²) in [4.78, 5) is 2.38. The molecule has 1 aliphatic rings. The lowest BCUT2D eigenvalue weighted by Gasteiger charge is -2.25. The average molecular weight is 351 g/mol. The van der Waals surface area contributed by atoms with Crippen molar-refractivity contribution in [3.8, 4) is 11.5 Å². The van der Waals surface area contributed by atoms with Gasteiger partial charge in [0.15, 0.2) is 6.61 Å². The van der Waals surface area contributed by atoms with Crippen molar-refractivity contribution in [2.75, 3.05) is 45.7 Å². The third-order valence-electron chi connectivity index (χ3n) is 3.61. The molecule has 0 radical (unpaired) electrons. The minimum atomic E-state index is 0.253. The van der Waals surface area contributed by atoms with Crippen LogP contribution in [0.3, 0.4) is 0 Å². The van der Waals surface area contributed by atoms with Crippen LogP contribution in [0, 0.1) is 0 Å². The molecule has 1 fully saturated rings. The fourth-order valence-corrected chi connectivity index (χ4v) is 3.04.